The van der Waals surface area contributed by atoms with Crippen LogP contribution in [-0.2, 0) is 9.59 Å². The molecule has 0 atom stereocenters. The molecule has 0 aromatic rings. The van der Waals surface area contributed by atoms with Gasteiger partial charge in [-0.1, -0.05) is 13.8 Å². The lowest BCUT2D eigenvalue weighted by molar-refractivity contribution is -0.142. The third-order valence-electron chi connectivity index (χ3n) is 4.79. The van der Waals surface area contributed by atoms with Crippen molar-refractivity contribution >= 4 is 11.8 Å². The summed E-state index contributed by atoms with van der Waals surface area (Å²) in [4.78, 5) is 30.8. The molecule has 0 saturated carbocycles. The topological polar surface area (TPSA) is 43.9 Å². The van der Waals surface area contributed by atoms with E-state index in [2.05, 4.69) is 11.8 Å². The van der Waals surface area contributed by atoms with E-state index in [9.17, 15) is 9.59 Å². The molecule has 0 spiro atoms. The van der Waals surface area contributed by atoms with Crippen LogP contribution in [0.2, 0.25) is 0 Å². The number of piperidine rings is 1. The predicted molar refractivity (Wildman–Crippen MR) is 82.9 cm³/mol. The number of nitrogens with zero attached hydrogens (tertiary/aromatic N) is 3. The molecule has 0 aromatic heterocycles. The van der Waals surface area contributed by atoms with Crippen molar-refractivity contribution in [3.05, 3.63) is 0 Å². The maximum absolute atomic E-state index is 12.6. The predicted octanol–water partition coefficient (Wildman–Crippen LogP) is 1.19. The number of amides is 2. The van der Waals surface area contributed by atoms with E-state index in [-0.39, 0.29) is 11.8 Å². The summed E-state index contributed by atoms with van der Waals surface area (Å²) >= 11 is 0. The Labute approximate surface area is 128 Å². The molecule has 0 unspecified atom stereocenters. The molecule has 21 heavy (non-hydrogen) atoms. The number of rotatable bonds is 4. The Bertz CT molecular complexity index is 357. The molecule has 2 saturated heterocycles. The summed E-state index contributed by atoms with van der Waals surface area (Å²) in [5.74, 6) is 0.692. The molecule has 5 nitrogen and oxygen atoms in total. The SMILES string of the molecule is CCCC(=O)N1CCC(C(=O)N2CCN(CC)CC2)CC1. The van der Waals surface area contributed by atoms with Gasteiger partial charge < -0.3 is 14.7 Å². The van der Waals surface area contributed by atoms with Crippen LogP contribution in [0.5, 0.6) is 0 Å². The van der Waals surface area contributed by atoms with Gasteiger partial charge in [0.05, 0.1) is 0 Å². The van der Waals surface area contributed by atoms with Gasteiger partial charge in [0.25, 0.3) is 0 Å². The molecule has 2 amide bonds. The molecule has 2 aliphatic heterocycles. The molecule has 0 aromatic carbocycles. The standard InChI is InChI=1S/C16H29N3O2/c1-3-5-15(20)18-8-6-14(7-9-18)16(21)19-12-10-17(4-2)11-13-19/h14H,3-13H2,1-2H3. The monoisotopic (exact) mass is 295 g/mol. The summed E-state index contributed by atoms with van der Waals surface area (Å²) < 4.78 is 0. The third-order valence-corrected chi connectivity index (χ3v) is 4.79. The van der Waals surface area contributed by atoms with Crippen LogP contribution in [0.1, 0.15) is 39.5 Å². The van der Waals surface area contributed by atoms with Crippen molar-refractivity contribution in [1.82, 2.24) is 14.7 Å². The molecule has 2 aliphatic rings. The lowest BCUT2D eigenvalue weighted by Crippen LogP contribution is -2.51. The molecule has 2 rings (SSSR count). The molecular formula is C16H29N3O2. The number of likely N-dealkylation sites (N-methyl/N-ethyl adjacent to an activating group) is 1. The lowest BCUT2D eigenvalue weighted by atomic mass is 9.94. The van der Waals surface area contributed by atoms with Crippen LogP contribution in [0.3, 0.4) is 0 Å². The first-order valence-corrected chi connectivity index (χ1v) is 8.44. The summed E-state index contributed by atoms with van der Waals surface area (Å²) in [5.41, 5.74) is 0. The largest absolute Gasteiger partial charge is 0.343 e. The second-order valence-corrected chi connectivity index (χ2v) is 6.16. The number of carbonyl (C=O) groups is 2. The van der Waals surface area contributed by atoms with Gasteiger partial charge in [-0.25, -0.2) is 0 Å². The molecule has 0 N–H and O–H groups in total. The lowest BCUT2D eigenvalue weighted by Gasteiger charge is -2.38. The van der Waals surface area contributed by atoms with E-state index in [4.69, 9.17) is 0 Å². The fourth-order valence-electron chi connectivity index (χ4n) is 3.29. The van der Waals surface area contributed by atoms with Gasteiger partial charge in [0.15, 0.2) is 0 Å². The highest BCUT2D eigenvalue weighted by Gasteiger charge is 2.31. The number of carbonyl (C=O) groups excluding carboxylic acids is 2. The first kappa shape index (κ1) is 16.3. The zero-order valence-corrected chi connectivity index (χ0v) is 13.5. The first-order chi connectivity index (χ1) is 10.2. The number of hydrogen-bond acceptors (Lipinski definition) is 3. The maximum Gasteiger partial charge on any atom is 0.225 e. The van der Waals surface area contributed by atoms with Crippen molar-refractivity contribution in [3.63, 3.8) is 0 Å². The minimum absolute atomic E-state index is 0.129. The van der Waals surface area contributed by atoms with Crippen LogP contribution in [0.15, 0.2) is 0 Å². The smallest absolute Gasteiger partial charge is 0.225 e. The van der Waals surface area contributed by atoms with Gasteiger partial charge in [-0.3, -0.25) is 9.59 Å². The zero-order valence-electron chi connectivity index (χ0n) is 13.5. The van der Waals surface area contributed by atoms with Crippen molar-refractivity contribution in [2.75, 3.05) is 45.8 Å². The highest BCUT2D eigenvalue weighted by Crippen LogP contribution is 2.21. The van der Waals surface area contributed by atoms with E-state index in [0.717, 1.165) is 65.1 Å². The molecule has 0 aliphatic carbocycles. The van der Waals surface area contributed by atoms with Crippen LogP contribution in [0.25, 0.3) is 0 Å². The molecule has 0 bridgehead atoms. The Hall–Kier alpha value is -1.10. The van der Waals surface area contributed by atoms with Crippen molar-refractivity contribution in [2.24, 2.45) is 5.92 Å². The minimum Gasteiger partial charge on any atom is -0.343 e. The second-order valence-electron chi connectivity index (χ2n) is 6.16. The average molecular weight is 295 g/mol. The average Bonchev–Trinajstić information content (AvgIpc) is 2.54. The van der Waals surface area contributed by atoms with E-state index in [0.29, 0.717) is 12.3 Å². The Balaban J connectivity index is 1.77. The van der Waals surface area contributed by atoms with Crippen LogP contribution in [0, 0.1) is 5.92 Å². The van der Waals surface area contributed by atoms with Crippen molar-refractivity contribution < 1.29 is 9.59 Å². The van der Waals surface area contributed by atoms with Gasteiger partial charge in [-0.15, -0.1) is 0 Å². The minimum atomic E-state index is 0.129. The fraction of sp³-hybridized carbons (Fsp3) is 0.875. The van der Waals surface area contributed by atoms with Crippen LogP contribution < -0.4 is 0 Å². The van der Waals surface area contributed by atoms with E-state index in [1.54, 1.807) is 0 Å². The number of likely N-dealkylation sites (tertiary alicyclic amines) is 1. The summed E-state index contributed by atoms with van der Waals surface area (Å²) in [5, 5.41) is 0. The number of piperazine rings is 1. The Morgan fingerprint density at radius 3 is 2.05 bits per heavy atom. The van der Waals surface area contributed by atoms with Gasteiger partial charge in [0.1, 0.15) is 0 Å². The summed E-state index contributed by atoms with van der Waals surface area (Å²) in [6, 6.07) is 0. The first-order valence-electron chi connectivity index (χ1n) is 8.44. The summed E-state index contributed by atoms with van der Waals surface area (Å²) in [7, 11) is 0. The molecular weight excluding hydrogens is 266 g/mol. The number of hydrogen-bond donors (Lipinski definition) is 0. The van der Waals surface area contributed by atoms with E-state index < -0.39 is 0 Å². The normalized spacial score (nSPS) is 21.6. The van der Waals surface area contributed by atoms with Crippen molar-refractivity contribution in [2.45, 2.75) is 39.5 Å². The van der Waals surface area contributed by atoms with Crippen molar-refractivity contribution in [3.8, 4) is 0 Å². The van der Waals surface area contributed by atoms with Crippen LogP contribution in [0.4, 0.5) is 0 Å². The summed E-state index contributed by atoms with van der Waals surface area (Å²) in [6.45, 7) is 10.5. The van der Waals surface area contributed by atoms with Crippen LogP contribution in [-0.4, -0.2) is 72.3 Å². The van der Waals surface area contributed by atoms with Gasteiger partial charge in [0.2, 0.25) is 11.8 Å². The second kappa shape index (κ2) is 7.78. The Kier molecular flexibility index (Phi) is 6.03. The molecule has 2 fully saturated rings. The maximum atomic E-state index is 12.6. The summed E-state index contributed by atoms with van der Waals surface area (Å²) in [6.07, 6.45) is 3.21. The Morgan fingerprint density at radius 2 is 1.52 bits per heavy atom. The zero-order chi connectivity index (χ0) is 15.2. The van der Waals surface area contributed by atoms with E-state index in [1.165, 1.54) is 0 Å². The van der Waals surface area contributed by atoms with E-state index >= 15 is 0 Å². The molecule has 5 heteroatoms. The quantitative estimate of drug-likeness (QED) is 0.782. The van der Waals surface area contributed by atoms with Gasteiger partial charge in [0, 0.05) is 51.6 Å². The van der Waals surface area contributed by atoms with Crippen molar-refractivity contribution in [1.29, 1.82) is 0 Å². The highest BCUT2D eigenvalue weighted by molar-refractivity contribution is 5.80. The Morgan fingerprint density at radius 1 is 0.905 bits per heavy atom. The molecule has 120 valence electrons. The van der Waals surface area contributed by atoms with Gasteiger partial charge in [-0.2, -0.15) is 0 Å². The van der Waals surface area contributed by atoms with Gasteiger partial charge >= 0.3 is 0 Å². The third kappa shape index (κ3) is 4.19. The highest BCUT2D eigenvalue weighted by atomic mass is 16.2. The van der Waals surface area contributed by atoms with Crippen LogP contribution >= 0.6 is 0 Å². The molecule has 0 radical (unpaired) electrons. The molecule has 2 heterocycles. The van der Waals surface area contributed by atoms with E-state index in [1.807, 2.05) is 16.7 Å². The fourth-order valence-corrected chi connectivity index (χ4v) is 3.29. The van der Waals surface area contributed by atoms with Gasteiger partial charge in [-0.05, 0) is 25.8 Å².